The third-order valence-electron chi connectivity index (χ3n) is 6.83. The number of amides is 1. The van der Waals surface area contributed by atoms with Crippen LogP contribution in [0.1, 0.15) is 50.7 Å². The molecule has 2 aliphatic heterocycles. The van der Waals surface area contributed by atoms with E-state index in [2.05, 4.69) is 21.7 Å². The van der Waals surface area contributed by atoms with Gasteiger partial charge in [-0.3, -0.25) is 4.79 Å². The van der Waals surface area contributed by atoms with Crippen molar-refractivity contribution >= 4 is 15.7 Å². The molecule has 0 aliphatic carbocycles. The Labute approximate surface area is 178 Å². The smallest absolute Gasteiger partial charge is 0.223 e. The fraction of sp³-hybridized carbons (Fsp3) is 0.591. The molecule has 4 rings (SSSR count). The number of likely N-dealkylation sites (tertiary alicyclic amines) is 1. The molecule has 1 aromatic heterocycles. The summed E-state index contributed by atoms with van der Waals surface area (Å²) in [5.41, 5.74) is 0.249. The number of nitrogens with zero attached hydrogens (tertiary/aromatic N) is 4. The van der Waals surface area contributed by atoms with Crippen molar-refractivity contribution in [2.75, 3.05) is 18.8 Å². The second-order valence-corrected chi connectivity index (χ2v) is 10.7. The Bertz CT molecular complexity index is 993. The van der Waals surface area contributed by atoms with E-state index in [4.69, 9.17) is 0 Å². The zero-order valence-electron chi connectivity index (χ0n) is 17.6. The van der Waals surface area contributed by atoms with Crippen LogP contribution >= 0.6 is 0 Å². The second-order valence-electron chi connectivity index (χ2n) is 8.55. The van der Waals surface area contributed by atoms with Crippen molar-refractivity contribution in [1.82, 2.24) is 19.7 Å². The second kappa shape index (κ2) is 8.49. The highest BCUT2D eigenvalue weighted by molar-refractivity contribution is 7.91. The number of hydrogen-bond acceptors (Lipinski definition) is 5. The summed E-state index contributed by atoms with van der Waals surface area (Å²) in [6.07, 6.45) is 6.01. The molecule has 7 nitrogen and oxygen atoms in total. The van der Waals surface area contributed by atoms with E-state index in [9.17, 15) is 13.2 Å². The Morgan fingerprint density at radius 3 is 2.43 bits per heavy atom. The Kier molecular flexibility index (Phi) is 5.95. The quantitative estimate of drug-likeness (QED) is 0.728. The number of hydrogen-bond donors (Lipinski definition) is 0. The monoisotopic (exact) mass is 430 g/mol. The van der Waals surface area contributed by atoms with E-state index in [0.717, 1.165) is 56.7 Å². The lowest BCUT2D eigenvalue weighted by Gasteiger charge is -2.41. The Morgan fingerprint density at radius 2 is 1.73 bits per heavy atom. The first kappa shape index (κ1) is 21.0. The van der Waals surface area contributed by atoms with Crippen LogP contribution in [0.15, 0.2) is 35.2 Å². The molecular formula is C22H30N4O3S. The molecule has 3 heterocycles. The fourth-order valence-corrected chi connectivity index (χ4v) is 6.03. The van der Waals surface area contributed by atoms with Crippen LogP contribution < -0.4 is 0 Å². The molecule has 1 spiro atoms. The summed E-state index contributed by atoms with van der Waals surface area (Å²) in [6, 6.07) is 8.37. The third-order valence-corrected chi connectivity index (χ3v) is 8.56. The van der Waals surface area contributed by atoms with Crippen LogP contribution in [0.2, 0.25) is 0 Å². The van der Waals surface area contributed by atoms with Gasteiger partial charge in [0.25, 0.3) is 0 Å². The number of sulfone groups is 1. The topological polar surface area (TPSA) is 85.2 Å². The maximum atomic E-state index is 12.7. The number of carbonyl (C=O) groups excluding carboxylic acids is 1. The summed E-state index contributed by atoms with van der Waals surface area (Å²) in [4.78, 5) is 14.8. The van der Waals surface area contributed by atoms with Crippen LogP contribution in [0.4, 0.5) is 0 Å². The van der Waals surface area contributed by atoms with Gasteiger partial charge in [0.05, 0.1) is 10.6 Å². The van der Waals surface area contributed by atoms with Gasteiger partial charge in [0, 0.05) is 38.9 Å². The standard InChI is InChI=1S/C22H30N4O3S/c1-2-19-23-24-20-8-10-22(13-16-26(19)20)11-14-25(15-12-22)21(27)9-17-30(28,29)18-6-4-3-5-7-18/h3-7H,2,8-17H2,1H3. The predicted molar refractivity (Wildman–Crippen MR) is 114 cm³/mol. The van der Waals surface area contributed by atoms with Gasteiger partial charge >= 0.3 is 0 Å². The van der Waals surface area contributed by atoms with E-state index in [1.807, 2.05) is 4.90 Å². The number of fused-ring (bicyclic) bond motifs is 1. The molecule has 1 fully saturated rings. The molecule has 2 aromatic rings. The normalized spacial score (nSPS) is 18.8. The Morgan fingerprint density at radius 1 is 1.03 bits per heavy atom. The predicted octanol–water partition coefficient (Wildman–Crippen LogP) is 2.65. The molecule has 0 saturated carbocycles. The van der Waals surface area contributed by atoms with Crippen molar-refractivity contribution in [3.63, 3.8) is 0 Å². The van der Waals surface area contributed by atoms with Crippen molar-refractivity contribution in [3.05, 3.63) is 42.0 Å². The third kappa shape index (κ3) is 4.29. The summed E-state index contributed by atoms with van der Waals surface area (Å²) >= 11 is 0. The molecule has 30 heavy (non-hydrogen) atoms. The SMILES string of the molecule is CCc1nnc2n1CCC1(CC2)CCN(C(=O)CCS(=O)(=O)c2ccccc2)CC1. The molecular weight excluding hydrogens is 400 g/mol. The molecule has 1 saturated heterocycles. The summed E-state index contributed by atoms with van der Waals surface area (Å²) < 4.78 is 27.2. The number of aromatic nitrogens is 3. The molecule has 1 amide bonds. The summed E-state index contributed by atoms with van der Waals surface area (Å²) in [7, 11) is -3.42. The molecule has 0 unspecified atom stereocenters. The molecule has 8 heteroatoms. The van der Waals surface area contributed by atoms with Crippen LogP contribution in [0, 0.1) is 5.41 Å². The van der Waals surface area contributed by atoms with Crippen LogP contribution in [0.25, 0.3) is 0 Å². The average molecular weight is 431 g/mol. The fourth-order valence-electron chi connectivity index (χ4n) is 4.78. The maximum absolute atomic E-state index is 12.7. The number of rotatable bonds is 5. The minimum absolute atomic E-state index is 0.0468. The van der Waals surface area contributed by atoms with Gasteiger partial charge in [-0.2, -0.15) is 0 Å². The van der Waals surface area contributed by atoms with Gasteiger partial charge in [0.2, 0.25) is 5.91 Å². The minimum Gasteiger partial charge on any atom is -0.343 e. The van der Waals surface area contributed by atoms with E-state index < -0.39 is 9.84 Å². The lowest BCUT2D eigenvalue weighted by atomic mass is 9.72. The largest absolute Gasteiger partial charge is 0.343 e. The van der Waals surface area contributed by atoms with Crippen molar-refractivity contribution in [3.8, 4) is 0 Å². The molecule has 2 aliphatic rings. The molecule has 0 atom stereocenters. The van der Waals surface area contributed by atoms with Gasteiger partial charge in [-0.05, 0) is 43.2 Å². The molecule has 0 N–H and O–H groups in total. The van der Waals surface area contributed by atoms with E-state index in [0.29, 0.717) is 13.1 Å². The van der Waals surface area contributed by atoms with Crippen LogP contribution in [-0.4, -0.2) is 52.8 Å². The Balaban J connectivity index is 1.31. The first-order valence-corrected chi connectivity index (χ1v) is 12.5. The van der Waals surface area contributed by atoms with Crippen molar-refractivity contribution in [1.29, 1.82) is 0 Å². The van der Waals surface area contributed by atoms with Gasteiger partial charge in [-0.15, -0.1) is 10.2 Å². The van der Waals surface area contributed by atoms with Crippen LogP contribution in [-0.2, 0) is 34.0 Å². The first-order chi connectivity index (χ1) is 14.4. The molecule has 0 radical (unpaired) electrons. The number of carbonyl (C=O) groups is 1. The zero-order valence-corrected chi connectivity index (χ0v) is 18.4. The highest BCUT2D eigenvalue weighted by Gasteiger charge is 2.37. The van der Waals surface area contributed by atoms with Crippen LogP contribution in [0.5, 0.6) is 0 Å². The molecule has 0 bridgehead atoms. The van der Waals surface area contributed by atoms with E-state index in [1.54, 1.807) is 30.3 Å². The number of benzene rings is 1. The van der Waals surface area contributed by atoms with Gasteiger partial charge in [0.15, 0.2) is 9.84 Å². The first-order valence-electron chi connectivity index (χ1n) is 10.9. The van der Waals surface area contributed by atoms with Crippen molar-refractivity contribution in [2.45, 2.75) is 63.3 Å². The Hall–Kier alpha value is -2.22. The van der Waals surface area contributed by atoms with E-state index in [1.165, 1.54) is 0 Å². The minimum atomic E-state index is -3.42. The van der Waals surface area contributed by atoms with Gasteiger partial charge in [-0.25, -0.2) is 8.42 Å². The molecule has 162 valence electrons. The summed E-state index contributed by atoms with van der Waals surface area (Å²) in [5.74, 6) is 1.97. The van der Waals surface area contributed by atoms with Crippen LogP contribution in [0.3, 0.4) is 0 Å². The van der Waals surface area contributed by atoms with Crippen molar-refractivity contribution in [2.24, 2.45) is 5.41 Å². The van der Waals surface area contributed by atoms with Gasteiger partial charge in [-0.1, -0.05) is 25.1 Å². The number of piperidine rings is 1. The summed E-state index contributed by atoms with van der Waals surface area (Å²) in [6.45, 7) is 4.49. The van der Waals surface area contributed by atoms with E-state index in [-0.39, 0.29) is 28.4 Å². The van der Waals surface area contributed by atoms with E-state index >= 15 is 0 Å². The van der Waals surface area contributed by atoms with Gasteiger partial charge < -0.3 is 9.47 Å². The molecule has 1 aromatic carbocycles. The van der Waals surface area contributed by atoms with Crippen molar-refractivity contribution < 1.29 is 13.2 Å². The maximum Gasteiger partial charge on any atom is 0.223 e. The zero-order chi connectivity index (χ0) is 21.2. The van der Waals surface area contributed by atoms with Gasteiger partial charge in [0.1, 0.15) is 11.6 Å². The summed E-state index contributed by atoms with van der Waals surface area (Å²) in [5, 5.41) is 8.67. The lowest BCUT2D eigenvalue weighted by Crippen LogP contribution is -2.43. The average Bonchev–Trinajstić information content (AvgIpc) is 3.09. The number of aryl methyl sites for hydroxylation is 2. The highest BCUT2D eigenvalue weighted by Crippen LogP contribution is 2.41. The highest BCUT2D eigenvalue weighted by atomic mass is 32.2. The lowest BCUT2D eigenvalue weighted by molar-refractivity contribution is -0.133.